The Morgan fingerprint density at radius 1 is 1.31 bits per heavy atom. The summed E-state index contributed by atoms with van der Waals surface area (Å²) in [6.45, 7) is 9.74. The highest BCUT2D eigenvalue weighted by Gasteiger charge is 2.33. The van der Waals surface area contributed by atoms with Gasteiger partial charge in [0.15, 0.2) is 0 Å². The van der Waals surface area contributed by atoms with Gasteiger partial charge in [-0.05, 0) is 57.1 Å². The normalized spacial score (nSPS) is 19.0. The van der Waals surface area contributed by atoms with Gasteiger partial charge in [0.2, 0.25) is 0 Å². The smallest absolute Gasteiger partial charge is 0.342 e. The Balaban J connectivity index is 2.59. The van der Waals surface area contributed by atoms with Crippen molar-refractivity contribution in [1.29, 1.82) is 0 Å². The minimum Gasteiger partial charge on any atom is -0.507 e. The van der Waals surface area contributed by atoms with Crippen LogP contribution in [0.3, 0.4) is 0 Å². The van der Waals surface area contributed by atoms with E-state index in [1.165, 1.54) is 5.57 Å². The highest BCUT2D eigenvalue weighted by Crippen LogP contribution is 2.48. The van der Waals surface area contributed by atoms with E-state index in [2.05, 4.69) is 19.6 Å². The topological polar surface area (TPSA) is 87.0 Å². The van der Waals surface area contributed by atoms with Gasteiger partial charge in [-0.2, -0.15) is 0 Å². The zero-order valence-corrected chi connectivity index (χ0v) is 17.8. The minimum atomic E-state index is -0.673. The van der Waals surface area contributed by atoms with Gasteiger partial charge in [-0.3, -0.25) is 0 Å². The number of benzene rings is 1. The van der Waals surface area contributed by atoms with Gasteiger partial charge >= 0.3 is 5.97 Å². The van der Waals surface area contributed by atoms with Crippen LogP contribution >= 0.6 is 0 Å². The average Bonchev–Trinajstić information content (AvgIpc) is 2.66. The number of hydrogen-bond donors (Lipinski definition) is 3. The summed E-state index contributed by atoms with van der Waals surface area (Å²) in [4.78, 5) is 12.7. The molecule has 5 heteroatoms. The number of aliphatic hydroxyl groups is 1. The monoisotopic (exact) mass is 402 g/mol. The minimum absolute atomic E-state index is 0.00472. The highest BCUT2D eigenvalue weighted by molar-refractivity contribution is 5.95. The molecule has 0 heterocycles. The summed E-state index contributed by atoms with van der Waals surface area (Å²) >= 11 is 0. The van der Waals surface area contributed by atoms with Gasteiger partial charge in [-0.15, -0.1) is 0 Å². The number of carbonyl (C=O) groups excluding carboxylic acids is 1. The molecule has 0 radical (unpaired) electrons. The molecular weight excluding hydrogens is 368 g/mol. The largest absolute Gasteiger partial charge is 0.507 e. The van der Waals surface area contributed by atoms with Crippen molar-refractivity contribution >= 4 is 5.97 Å². The molecule has 0 spiro atoms. The maximum Gasteiger partial charge on any atom is 0.342 e. The SMILES string of the molecule is C=C(C)[C@@H]1CCC(C)=C[C@H]1c1c(O)cc(CCCCC)c(C(=O)OCCO)c1O. The summed E-state index contributed by atoms with van der Waals surface area (Å²) < 4.78 is 5.12. The van der Waals surface area contributed by atoms with Gasteiger partial charge in [0.05, 0.1) is 6.61 Å². The van der Waals surface area contributed by atoms with Crippen LogP contribution in [-0.4, -0.2) is 34.5 Å². The van der Waals surface area contributed by atoms with Gasteiger partial charge in [-0.1, -0.05) is 43.6 Å². The molecule has 5 nitrogen and oxygen atoms in total. The van der Waals surface area contributed by atoms with E-state index < -0.39 is 5.97 Å². The lowest BCUT2D eigenvalue weighted by atomic mass is 9.73. The van der Waals surface area contributed by atoms with Crippen LogP contribution in [0.2, 0.25) is 0 Å². The maximum absolute atomic E-state index is 12.7. The molecule has 2 atom stereocenters. The molecule has 0 bridgehead atoms. The number of aromatic hydroxyl groups is 2. The zero-order chi connectivity index (χ0) is 21.6. The molecule has 1 aliphatic carbocycles. The Kier molecular flexibility index (Phi) is 8.32. The van der Waals surface area contributed by atoms with Crippen molar-refractivity contribution in [2.24, 2.45) is 5.92 Å². The van der Waals surface area contributed by atoms with Crippen molar-refractivity contribution in [3.05, 3.63) is 46.6 Å². The van der Waals surface area contributed by atoms with E-state index in [1.54, 1.807) is 6.07 Å². The number of phenolic OH excluding ortho intramolecular Hbond substituents is 2. The number of carbonyl (C=O) groups is 1. The van der Waals surface area contributed by atoms with Crippen molar-refractivity contribution in [2.45, 2.75) is 65.2 Å². The van der Waals surface area contributed by atoms with E-state index in [4.69, 9.17) is 9.84 Å². The molecule has 0 aromatic heterocycles. The van der Waals surface area contributed by atoms with Crippen molar-refractivity contribution in [2.75, 3.05) is 13.2 Å². The highest BCUT2D eigenvalue weighted by atomic mass is 16.5. The second kappa shape index (κ2) is 10.5. The molecule has 0 fully saturated rings. The van der Waals surface area contributed by atoms with Crippen LogP contribution in [0.15, 0.2) is 29.9 Å². The maximum atomic E-state index is 12.7. The molecule has 160 valence electrons. The molecule has 0 unspecified atom stereocenters. The second-order valence-electron chi connectivity index (χ2n) is 8.04. The van der Waals surface area contributed by atoms with Gasteiger partial charge in [-0.25, -0.2) is 4.79 Å². The van der Waals surface area contributed by atoms with Gasteiger partial charge < -0.3 is 20.1 Å². The van der Waals surface area contributed by atoms with E-state index in [0.29, 0.717) is 17.5 Å². The van der Waals surface area contributed by atoms with Crippen molar-refractivity contribution in [3.8, 4) is 11.5 Å². The molecule has 0 saturated heterocycles. The summed E-state index contributed by atoms with van der Waals surface area (Å²) in [5, 5.41) is 31.0. The van der Waals surface area contributed by atoms with Crippen LogP contribution in [-0.2, 0) is 11.2 Å². The molecule has 1 aromatic carbocycles. The summed E-state index contributed by atoms with van der Waals surface area (Å²) in [7, 11) is 0. The van der Waals surface area contributed by atoms with Crippen LogP contribution in [0.25, 0.3) is 0 Å². The number of rotatable bonds is 9. The van der Waals surface area contributed by atoms with E-state index in [0.717, 1.165) is 37.7 Å². The number of ether oxygens (including phenoxy) is 1. The fourth-order valence-electron chi connectivity index (χ4n) is 4.16. The number of phenols is 2. The molecule has 0 aliphatic heterocycles. The molecule has 29 heavy (non-hydrogen) atoms. The molecule has 1 aliphatic rings. The first-order valence-corrected chi connectivity index (χ1v) is 10.5. The first-order chi connectivity index (χ1) is 13.8. The molecule has 1 aromatic rings. The zero-order valence-electron chi connectivity index (χ0n) is 17.8. The fraction of sp³-hybridized carbons (Fsp3) is 0.542. The third kappa shape index (κ3) is 5.41. The van der Waals surface area contributed by atoms with Gasteiger partial charge in [0.25, 0.3) is 0 Å². The molecular formula is C24H34O5. The Labute approximate surface area is 173 Å². The number of aliphatic hydroxyl groups excluding tert-OH is 1. The Hall–Kier alpha value is -2.27. The summed E-state index contributed by atoms with van der Waals surface area (Å²) in [5.41, 5.74) is 3.19. The molecule has 2 rings (SSSR count). The van der Waals surface area contributed by atoms with Gasteiger partial charge in [0.1, 0.15) is 23.7 Å². The van der Waals surface area contributed by atoms with Crippen LogP contribution in [0, 0.1) is 5.92 Å². The lowest BCUT2D eigenvalue weighted by Gasteiger charge is -2.32. The standard InChI is InChI=1S/C24H34O5/c1-5-6-7-8-17-14-20(26)22(23(27)21(17)24(28)29-12-11-25)19-13-16(4)9-10-18(19)15(2)3/h13-14,18-19,25-27H,2,5-12H2,1,3-4H3/t18-,19+/m0/s1. The third-order valence-electron chi connectivity index (χ3n) is 5.69. The van der Waals surface area contributed by atoms with Crippen molar-refractivity contribution in [1.82, 2.24) is 0 Å². The van der Waals surface area contributed by atoms with E-state index in [1.807, 2.05) is 13.8 Å². The summed E-state index contributed by atoms with van der Waals surface area (Å²) in [6, 6.07) is 1.59. The van der Waals surface area contributed by atoms with Crippen LogP contribution in [0.1, 0.15) is 80.3 Å². The number of hydrogen-bond acceptors (Lipinski definition) is 5. The Morgan fingerprint density at radius 3 is 2.66 bits per heavy atom. The molecule has 0 saturated carbocycles. The first kappa shape index (κ1) is 23.0. The van der Waals surface area contributed by atoms with E-state index >= 15 is 0 Å². The molecule has 3 N–H and O–H groups in total. The number of esters is 1. The van der Waals surface area contributed by atoms with Crippen LogP contribution in [0.5, 0.6) is 11.5 Å². The van der Waals surface area contributed by atoms with Gasteiger partial charge in [0, 0.05) is 11.5 Å². The third-order valence-corrected chi connectivity index (χ3v) is 5.69. The van der Waals surface area contributed by atoms with Crippen LogP contribution in [0.4, 0.5) is 0 Å². The Morgan fingerprint density at radius 2 is 2.03 bits per heavy atom. The lowest BCUT2D eigenvalue weighted by molar-refractivity contribution is 0.0429. The Bertz CT molecular complexity index is 778. The van der Waals surface area contributed by atoms with Crippen molar-refractivity contribution in [3.63, 3.8) is 0 Å². The molecule has 0 amide bonds. The predicted octanol–water partition coefficient (Wildman–Crippen LogP) is 5.00. The van der Waals surface area contributed by atoms with E-state index in [9.17, 15) is 15.0 Å². The lowest BCUT2D eigenvalue weighted by Crippen LogP contribution is -2.19. The van der Waals surface area contributed by atoms with Crippen LogP contribution < -0.4 is 0 Å². The average molecular weight is 403 g/mol. The first-order valence-electron chi connectivity index (χ1n) is 10.5. The predicted molar refractivity (Wildman–Crippen MR) is 114 cm³/mol. The number of unbranched alkanes of at least 4 members (excludes halogenated alkanes) is 2. The quantitative estimate of drug-likeness (QED) is 0.307. The number of allylic oxidation sites excluding steroid dienone is 3. The summed E-state index contributed by atoms with van der Waals surface area (Å²) in [6.07, 6.45) is 7.27. The number of aryl methyl sites for hydroxylation is 1. The van der Waals surface area contributed by atoms with Crippen molar-refractivity contribution < 1.29 is 24.9 Å². The fourth-order valence-corrected chi connectivity index (χ4v) is 4.16. The second-order valence-corrected chi connectivity index (χ2v) is 8.04. The summed E-state index contributed by atoms with van der Waals surface area (Å²) in [5.74, 6) is -1.08. The van der Waals surface area contributed by atoms with E-state index in [-0.39, 0.29) is 42.1 Å².